The van der Waals surface area contributed by atoms with E-state index in [1.54, 1.807) is 0 Å². The Hall–Kier alpha value is 1.57. The van der Waals surface area contributed by atoms with Gasteiger partial charge in [-0.05, 0) is 10.6 Å². The molecule has 1 unspecified atom stereocenters. The molecule has 0 amide bonds. The second-order valence-corrected chi connectivity index (χ2v) is 17.9. The molecule has 0 bridgehead atoms. The van der Waals surface area contributed by atoms with Crippen molar-refractivity contribution < 1.29 is 0 Å². The van der Waals surface area contributed by atoms with E-state index in [9.17, 15) is 0 Å². The van der Waals surface area contributed by atoms with Crippen LogP contribution in [0.25, 0.3) is 0 Å². The van der Waals surface area contributed by atoms with Gasteiger partial charge in [0.2, 0.25) is 0 Å². The fourth-order valence-electron chi connectivity index (χ4n) is 0.768. The summed E-state index contributed by atoms with van der Waals surface area (Å²) in [6, 6.07) is 0. The van der Waals surface area contributed by atoms with E-state index in [0.717, 1.165) is 16.4 Å². The van der Waals surface area contributed by atoms with Crippen LogP contribution in [0.5, 0.6) is 0 Å². The van der Waals surface area contributed by atoms with E-state index >= 15 is 0 Å². The molecular formula is C9H18BrPS3. The van der Waals surface area contributed by atoms with Crippen molar-refractivity contribution in [2.24, 2.45) is 0 Å². The van der Waals surface area contributed by atoms with Crippen LogP contribution in [-0.4, -0.2) is 16.7 Å². The standard InChI is InChI=1S/C9H18BrPS3/c1-6-11(12,13-7-8(2)10)14-9(3,4)5/h2,6-7H2,1,3-5H3. The first-order valence-electron chi connectivity index (χ1n) is 4.46. The van der Waals surface area contributed by atoms with Crippen molar-refractivity contribution in [2.75, 3.05) is 11.9 Å². The van der Waals surface area contributed by atoms with Gasteiger partial charge < -0.3 is 0 Å². The van der Waals surface area contributed by atoms with Crippen molar-refractivity contribution in [2.45, 2.75) is 32.4 Å². The minimum Gasteiger partial charge on any atom is -0.109 e. The molecule has 5 heteroatoms. The SMILES string of the molecule is C=C(Br)CSP(=S)(CC)SC(C)(C)C. The average Bonchev–Trinajstić information content (AvgIpc) is 1.98. The van der Waals surface area contributed by atoms with Crippen LogP contribution in [-0.2, 0) is 11.8 Å². The number of rotatable bonds is 5. The third kappa shape index (κ3) is 7.81. The van der Waals surface area contributed by atoms with Gasteiger partial charge in [-0.3, -0.25) is 0 Å². The van der Waals surface area contributed by atoms with Gasteiger partial charge in [0.1, 0.15) is 0 Å². The summed E-state index contributed by atoms with van der Waals surface area (Å²) in [6.45, 7) is 12.7. The third-order valence-electron chi connectivity index (χ3n) is 1.22. The molecule has 0 heterocycles. The van der Waals surface area contributed by atoms with E-state index in [0.29, 0.717) is 0 Å². The monoisotopic (exact) mass is 332 g/mol. The number of hydrogen-bond acceptors (Lipinski definition) is 3. The quantitative estimate of drug-likeness (QED) is 0.611. The first kappa shape index (κ1) is 15.6. The van der Waals surface area contributed by atoms with Gasteiger partial charge in [-0.25, -0.2) is 0 Å². The molecule has 0 N–H and O–H groups in total. The molecule has 0 aromatic rings. The Morgan fingerprint density at radius 3 is 2.29 bits per heavy atom. The summed E-state index contributed by atoms with van der Waals surface area (Å²) < 4.78 is 0.0116. The maximum atomic E-state index is 5.74. The predicted octanol–water partition coefficient (Wildman–Crippen LogP) is 5.49. The van der Waals surface area contributed by atoms with Crippen molar-refractivity contribution >= 4 is 54.9 Å². The molecule has 0 fully saturated rings. The molecule has 0 saturated carbocycles. The largest absolute Gasteiger partial charge is 0.109 e. The lowest BCUT2D eigenvalue weighted by atomic mass is 10.3. The lowest BCUT2D eigenvalue weighted by molar-refractivity contribution is 0.810. The maximum Gasteiger partial charge on any atom is 0.0577 e. The molecule has 14 heavy (non-hydrogen) atoms. The molecule has 0 nitrogen and oxygen atoms in total. The van der Waals surface area contributed by atoms with Gasteiger partial charge in [0, 0.05) is 10.5 Å². The van der Waals surface area contributed by atoms with Crippen LogP contribution in [0.15, 0.2) is 11.1 Å². The highest BCUT2D eigenvalue weighted by Gasteiger charge is 2.24. The van der Waals surface area contributed by atoms with E-state index in [-0.39, 0.29) is 4.75 Å². The fraction of sp³-hybridized carbons (Fsp3) is 0.778. The first-order valence-corrected chi connectivity index (χ1v) is 11.3. The maximum absolute atomic E-state index is 5.74. The van der Waals surface area contributed by atoms with Crippen LogP contribution in [0.4, 0.5) is 0 Å². The summed E-state index contributed by atoms with van der Waals surface area (Å²) in [5, 5.41) is 0. The minimum absolute atomic E-state index is 0.270. The number of hydrogen-bond donors (Lipinski definition) is 0. The highest BCUT2D eigenvalue weighted by atomic mass is 79.9. The summed E-state index contributed by atoms with van der Waals surface area (Å²) in [5.41, 5.74) is 0. The molecule has 84 valence electrons. The van der Waals surface area contributed by atoms with Crippen molar-refractivity contribution in [3.8, 4) is 0 Å². The van der Waals surface area contributed by atoms with Gasteiger partial charge in [-0.2, -0.15) is 0 Å². The van der Waals surface area contributed by atoms with Crippen molar-refractivity contribution in [3.05, 3.63) is 11.1 Å². The lowest BCUT2D eigenvalue weighted by Gasteiger charge is -2.27. The molecule has 0 aromatic carbocycles. The van der Waals surface area contributed by atoms with Crippen LogP contribution in [0.2, 0.25) is 0 Å². The van der Waals surface area contributed by atoms with Crippen LogP contribution in [0, 0.1) is 0 Å². The van der Waals surface area contributed by atoms with Crippen LogP contribution in [0.3, 0.4) is 0 Å². The number of halogens is 1. The smallest absolute Gasteiger partial charge is 0.0577 e. The molecule has 0 aliphatic rings. The zero-order chi connectivity index (χ0) is 11.4. The Morgan fingerprint density at radius 1 is 1.50 bits per heavy atom. The van der Waals surface area contributed by atoms with E-state index in [4.69, 9.17) is 11.8 Å². The molecule has 0 rings (SSSR count). The highest BCUT2D eigenvalue weighted by Crippen LogP contribution is 2.72. The molecule has 0 aromatic heterocycles. The average molecular weight is 333 g/mol. The molecule has 0 aliphatic carbocycles. The van der Waals surface area contributed by atoms with Gasteiger partial charge in [-0.15, -0.1) is 22.8 Å². The van der Waals surface area contributed by atoms with E-state index in [1.165, 1.54) is 0 Å². The Morgan fingerprint density at radius 2 is 2.00 bits per heavy atom. The van der Waals surface area contributed by atoms with Gasteiger partial charge in [-0.1, -0.05) is 62.0 Å². The van der Waals surface area contributed by atoms with Crippen molar-refractivity contribution in [1.29, 1.82) is 0 Å². The minimum atomic E-state index is -1.30. The topological polar surface area (TPSA) is 0 Å². The Labute approximate surface area is 110 Å². The molecule has 0 radical (unpaired) electrons. The molecular weight excluding hydrogens is 315 g/mol. The van der Waals surface area contributed by atoms with Gasteiger partial charge in [0.25, 0.3) is 0 Å². The first-order chi connectivity index (χ1) is 6.18. The Kier molecular flexibility index (Phi) is 7.05. The van der Waals surface area contributed by atoms with Gasteiger partial charge in [0.15, 0.2) is 0 Å². The summed E-state index contributed by atoms with van der Waals surface area (Å²) in [6.07, 6.45) is 1.11. The van der Waals surface area contributed by atoms with Crippen LogP contribution < -0.4 is 0 Å². The molecule has 0 aliphatic heterocycles. The van der Waals surface area contributed by atoms with Gasteiger partial charge >= 0.3 is 0 Å². The van der Waals surface area contributed by atoms with Crippen molar-refractivity contribution in [3.63, 3.8) is 0 Å². The lowest BCUT2D eigenvalue weighted by Crippen LogP contribution is -2.06. The molecule has 0 spiro atoms. The summed E-state index contributed by atoms with van der Waals surface area (Å²) >= 11 is 13.0. The zero-order valence-electron chi connectivity index (χ0n) is 9.17. The second-order valence-electron chi connectivity index (χ2n) is 3.92. The van der Waals surface area contributed by atoms with E-state index in [1.807, 2.05) is 22.8 Å². The summed E-state index contributed by atoms with van der Waals surface area (Å²) in [5.74, 6) is 0.939. The van der Waals surface area contributed by atoms with E-state index in [2.05, 4.69) is 50.2 Å². The molecule has 1 atom stereocenters. The predicted molar refractivity (Wildman–Crippen MR) is 82.7 cm³/mol. The second kappa shape index (κ2) is 6.34. The normalized spacial score (nSPS) is 16.4. The molecule has 0 saturated heterocycles. The zero-order valence-corrected chi connectivity index (χ0v) is 14.1. The fourth-order valence-corrected chi connectivity index (χ4v) is 13.3. The third-order valence-corrected chi connectivity index (χ3v) is 13.9. The highest BCUT2D eigenvalue weighted by molar-refractivity contribution is 9.12. The summed E-state index contributed by atoms with van der Waals surface area (Å²) in [7, 11) is 0. The summed E-state index contributed by atoms with van der Waals surface area (Å²) in [4.78, 5) is 0. The van der Waals surface area contributed by atoms with Crippen molar-refractivity contribution in [1.82, 2.24) is 0 Å². The van der Waals surface area contributed by atoms with Crippen LogP contribution in [0.1, 0.15) is 27.7 Å². The Balaban J connectivity index is 4.34. The van der Waals surface area contributed by atoms with Gasteiger partial charge in [0.05, 0.1) is 4.44 Å². The Bertz CT molecular complexity index is 245. The van der Waals surface area contributed by atoms with E-state index < -0.39 is 4.44 Å². The van der Waals surface area contributed by atoms with Crippen LogP contribution >= 0.6 is 43.1 Å².